The molecule has 1 aromatic carbocycles. The minimum atomic E-state index is 0.682. The molecule has 0 aliphatic carbocycles. The standard InChI is InChI=1S/C17H26N2O2/c1-5-9-19(10-6-2)11-7-8-14-12-15(18)13-16(20-3)17(14)21-4/h5-6,12-13H,1-2,7-11,18H2,3-4H3. The van der Waals surface area contributed by atoms with Crippen molar-refractivity contribution in [2.75, 3.05) is 39.6 Å². The van der Waals surface area contributed by atoms with Gasteiger partial charge in [-0.25, -0.2) is 0 Å². The van der Waals surface area contributed by atoms with Gasteiger partial charge in [-0.2, -0.15) is 0 Å². The Morgan fingerprint density at radius 3 is 2.33 bits per heavy atom. The summed E-state index contributed by atoms with van der Waals surface area (Å²) in [5.41, 5.74) is 7.68. The Labute approximate surface area is 127 Å². The van der Waals surface area contributed by atoms with Gasteiger partial charge in [-0.05, 0) is 25.5 Å². The van der Waals surface area contributed by atoms with E-state index in [0.29, 0.717) is 11.4 Å². The fourth-order valence-corrected chi connectivity index (χ4v) is 2.37. The number of ether oxygens (including phenoxy) is 2. The van der Waals surface area contributed by atoms with Gasteiger partial charge in [0.2, 0.25) is 0 Å². The van der Waals surface area contributed by atoms with E-state index in [1.165, 1.54) is 0 Å². The van der Waals surface area contributed by atoms with Gasteiger partial charge in [-0.3, -0.25) is 4.90 Å². The van der Waals surface area contributed by atoms with Crippen LogP contribution < -0.4 is 15.2 Å². The first-order chi connectivity index (χ1) is 10.2. The molecular formula is C17H26N2O2. The smallest absolute Gasteiger partial charge is 0.164 e. The van der Waals surface area contributed by atoms with Crippen molar-refractivity contribution >= 4 is 5.69 Å². The largest absolute Gasteiger partial charge is 0.493 e. The number of aryl methyl sites for hydroxylation is 1. The van der Waals surface area contributed by atoms with E-state index in [-0.39, 0.29) is 0 Å². The molecule has 0 bridgehead atoms. The van der Waals surface area contributed by atoms with Gasteiger partial charge < -0.3 is 15.2 Å². The Kier molecular flexibility index (Phi) is 7.40. The first-order valence-corrected chi connectivity index (χ1v) is 7.10. The van der Waals surface area contributed by atoms with Crippen LogP contribution in [0.3, 0.4) is 0 Å². The van der Waals surface area contributed by atoms with E-state index in [1.807, 2.05) is 18.2 Å². The molecule has 0 atom stereocenters. The number of methoxy groups -OCH3 is 2. The highest BCUT2D eigenvalue weighted by Gasteiger charge is 2.11. The van der Waals surface area contributed by atoms with Gasteiger partial charge >= 0.3 is 0 Å². The van der Waals surface area contributed by atoms with Crippen molar-refractivity contribution in [3.63, 3.8) is 0 Å². The van der Waals surface area contributed by atoms with Gasteiger partial charge in [-0.1, -0.05) is 12.2 Å². The molecule has 0 aliphatic rings. The van der Waals surface area contributed by atoms with Crippen LogP contribution in [0.2, 0.25) is 0 Å². The van der Waals surface area contributed by atoms with Gasteiger partial charge in [0.05, 0.1) is 14.2 Å². The molecule has 1 aromatic rings. The molecule has 0 amide bonds. The Balaban J connectivity index is 2.71. The van der Waals surface area contributed by atoms with Gasteiger partial charge in [0.25, 0.3) is 0 Å². The second-order valence-corrected chi connectivity index (χ2v) is 4.86. The van der Waals surface area contributed by atoms with E-state index in [4.69, 9.17) is 15.2 Å². The van der Waals surface area contributed by atoms with Gasteiger partial charge in [0.15, 0.2) is 11.5 Å². The van der Waals surface area contributed by atoms with Crippen LogP contribution in [-0.4, -0.2) is 38.8 Å². The maximum Gasteiger partial charge on any atom is 0.164 e. The molecular weight excluding hydrogens is 264 g/mol. The maximum atomic E-state index is 5.91. The van der Waals surface area contributed by atoms with Crippen molar-refractivity contribution in [1.29, 1.82) is 0 Å². The number of hydrogen-bond acceptors (Lipinski definition) is 4. The predicted octanol–water partition coefficient (Wildman–Crippen LogP) is 2.89. The third-order valence-corrected chi connectivity index (χ3v) is 3.27. The number of anilines is 1. The summed E-state index contributed by atoms with van der Waals surface area (Å²) in [7, 11) is 3.27. The van der Waals surface area contributed by atoms with Crippen molar-refractivity contribution in [2.24, 2.45) is 0 Å². The summed E-state index contributed by atoms with van der Waals surface area (Å²) in [4.78, 5) is 2.29. The molecule has 1 rings (SSSR count). The molecule has 4 nitrogen and oxygen atoms in total. The molecule has 4 heteroatoms. The van der Waals surface area contributed by atoms with Crippen LogP contribution in [0.1, 0.15) is 12.0 Å². The number of hydrogen-bond donors (Lipinski definition) is 1. The second kappa shape index (κ2) is 9.08. The van der Waals surface area contributed by atoms with Crippen molar-refractivity contribution in [3.05, 3.63) is 43.0 Å². The normalized spacial score (nSPS) is 10.4. The summed E-state index contributed by atoms with van der Waals surface area (Å²) in [5, 5.41) is 0. The number of nitrogens with two attached hydrogens (primary N) is 1. The highest BCUT2D eigenvalue weighted by atomic mass is 16.5. The summed E-state index contributed by atoms with van der Waals surface area (Å²) in [5.74, 6) is 1.45. The second-order valence-electron chi connectivity index (χ2n) is 4.86. The van der Waals surface area contributed by atoms with Crippen LogP contribution in [0.4, 0.5) is 5.69 Å². The summed E-state index contributed by atoms with van der Waals surface area (Å²) in [6, 6.07) is 3.73. The molecule has 2 N–H and O–H groups in total. The first kappa shape index (κ1) is 17.1. The molecule has 0 unspecified atom stereocenters. The zero-order valence-electron chi connectivity index (χ0n) is 13.1. The van der Waals surface area contributed by atoms with Gasteiger partial charge in [0, 0.05) is 30.4 Å². The predicted molar refractivity (Wildman–Crippen MR) is 89.1 cm³/mol. The van der Waals surface area contributed by atoms with E-state index < -0.39 is 0 Å². The van der Waals surface area contributed by atoms with Crippen LogP contribution in [0.15, 0.2) is 37.4 Å². The summed E-state index contributed by atoms with van der Waals surface area (Å²) >= 11 is 0. The highest BCUT2D eigenvalue weighted by Crippen LogP contribution is 2.34. The maximum absolute atomic E-state index is 5.91. The zero-order valence-corrected chi connectivity index (χ0v) is 13.1. The Bertz CT molecular complexity index is 462. The molecule has 0 aliphatic heterocycles. The van der Waals surface area contributed by atoms with Crippen molar-refractivity contribution in [3.8, 4) is 11.5 Å². The van der Waals surface area contributed by atoms with Crippen LogP contribution in [0, 0.1) is 0 Å². The van der Waals surface area contributed by atoms with Crippen molar-refractivity contribution < 1.29 is 9.47 Å². The first-order valence-electron chi connectivity index (χ1n) is 7.10. The number of benzene rings is 1. The lowest BCUT2D eigenvalue weighted by Crippen LogP contribution is -2.25. The van der Waals surface area contributed by atoms with Gasteiger partial charge in [-0.15, -0.1) is 13.2 Å². The number of nitrogen functional groups attached to an aromatic ring is 1. The third kappa shape index (κ3) is 5.16. The topological polar surface area (TPSA) is 47.7 Å². The average Bonchev–Trinajstić information content (AvgIpc) is 2.47. The van der Waals surface area contributed by atoms with E-state index in [9.17, 15) is 0 Å². The summed E-state index contributed by atoms with van der Waals surface area (Å²) in [6.45, 7) is 10.3. The lowest BCUT2D eigenvalue weighted by Gasteiger charge is -2.19. The molecule has 0 saturated heterocycles. The lowest BCUT2D eigenvalue weighted by molar-refractivity contribution is 0.327. The van der Waals surface area contributed by atoms with Crippen LogP contribution in [0.25, 0.3) is 0 Å². The van der Waals surface area contributed by atoms with Crippen molar-refractivity contribution in [2.45, 2.75) is 12.8 Å². The van der Waals surface area contributed by atoms with Crippen LogP contribution in [0.5, 0.6) is 11.5 Å². The molecule has 0 heterocycles. The lowest BCUT2D eigenvalue weighted by atomic mass is 10.1. The molecule has 0 aromatic heterocycles. The number of rotatable bonds is 10. The Hall–Kier alpha value is -1.94. The summed E-state index contributed by atoms with van der Waals surface area (Å²) < 4.78 is 10.8. The monoisotopic (exact) mass is 290 g/mol. The zero-order chi connectivity index (χ0) is 15.7. The molecule has 116 valence electrons. The van der Waals surface area contributed by atoms with Crippen LogP contribution >= 0.6 is 0 Å². The fraction of sp³-hybridized carbons (Fsp3) is 0.412. The molecule has 0 fully saturated rings. The third-order valence-electron chi connectivity index (χ3n) is 3.27. The minimum absolute atomic E-state index is 0.682. The highest BCUT2D eigenvalue weighted by molar-refractivity contribution is 5.57. The average molecular weight is 290 g/mol. The minimum Gasteiger partial charge on any atom is -0.493 e. The van der Waals surface area contributed by atoms with Crippen LogP contribution in [-0.2, 0) is 6.42 Å². The van der Waals surface area contributed by atoms with E-state index in [2.05, 4.69) is 18.1 Å². The van der Waals surface area contributed by atoms with E-state index in [0.717, 1.165) is 43.8 Å². The Morgan fingerprint density at radius 2 is 1.81 bits per heavy atom. The SMILES string of the molecule is C=CCN(CC=C)CCCc1cc(N)cc(OC)c1OC. The fourth-order valence-electron chi connectivity index (χ4n) is 2.37. The number of nitrogens with zero attached hydrogens (tertiary/aromatic N) is 1. The molecule has 0 saturated carbocycles. The van der Waals surface area contributed by atoms with Gasteiger partial charge in [0.1, 0.15) is 0 Å². The molecule has 0 spiro atoms. The van der Waals surface area contributed by atoms with E-state index >= 15 is 0 Å². The Morgan fingerprint density at radius 1 is 1.14 bits per heavy atom. The molecule has 21 heavy (non-hydrogen) atoms. The van der Waals surface area contributed by atoms with E-state index in [1.54, 1.807) is 20.3 Å². The quantitative estimate of drug-likeness (QED) is 0.532. The summed E-state index contributed by atoms with van der Waals surface area (Å²) in [6.07, 6.45) is 5.71. The molecule has 0 radical (unpaired) electrons. The van der Waals surface area contributed by atoms with Crippen molar-refractivity contribution in [1.82, 2.24) is 4.90 Å².